The van der Waals surface area contributed by atoms with Crippen molar-refractivity contribution in [3.05, 3.63) is 24.3 Å². The SMILES string of the molecule is COc1ccccc1N1CCC(NC(=O)NCC2CCS(=O)(=O)CC2)CC1. The maximum Gasteiger partial charge on any atom is 0.315 e. The fraction of sp³-hybridized carbons (Fsp3) is 0.632. The van der Waals surface area contributed by atoms with Gasteiger partial charge in [-0.2, -0.15) is 0 Å². The Bertz CT molecular complexity index is 731. The van der Waals surface area contributed by atoms with Crippen LogP contribution >= 0.6 is 0 Å². The van der Waals surface area contributed by atoms with Crippen LogP contribution in [0.3, 0.4) is 0 Å². The highest BCUT2D eigenvalue weighted by atomic mass is 32.2. The van der Waals surface area contributed by atoms with Crippen LogP contribution in [-0.4, -0.2) is 58.7 Å². The van der Waals surface area contributed by atoms with Gasteiger partial charge in [-0.1, -0.05) is 12.1 Å². The average molecular weight is 396 g/mol. The average Bonchev–Trinajstić information content (AvgIpc) is 2.68. The molecule has 3 rings (SSSR count). The third-order valence-electron chi connectivity index (χ3n) is 5.48. The summed E-state index contributed by atoms with van der Waals surface area (Å²) in [6.45, 7) is 2.28. The van der Waals surface area contributed by atoms with E-state index >= 15 is 0 Å². The molecule has 7 nitrogen and oxygen atoms in total. The maximum atomic E-state index is 12.2. The Hall–Kier alpha value is -1.96. The minimum atomic E-state index is -2.85. The molecule has 150 valence electrons. The second kappa shape index (κ2) is 8.82. The number of nitrogens with zero attached hydrogens (tertiary/aromatic N) is 1. The van der Waals surface area contributed by atoms with E-state index in [0.717, 1.165) is 37.4 Å². The highest BCUT2D eigenvalue weighted by Crippen LogP contribution is 2.29. The van der Waals surface area contributed by atoms with Gasteiger partial charge in [0.15, 0.2) is 0 Å². The molecule has 27 heavy (non-hydrogen) atoms. The van der Waals surface area contributed by atoms with Gasteiger partial charge >= 0.3 is 6.03 Å². The molecule has 8 heteroatoms. The van der Waals surface area contributed by atoms with E-state index in [1.165, 1.54) is 0 Å². The van der Waals surface area contributed by atoms with Crippen molar-refractivity contribution in [1.82, 2.24) is 10.6 Å². The third-order valence-corrected chi connectivity index (χ3v) is 7.20. The Balaban J connectivity index is 1.39. The lowest BCUT2D eigenvalue weighted by molar-refractivity contribution is 0.232. The fourth-order valence-electron chi connectivity index (χ4n) is 3.77. The maximum absolute atomic E-state index is 12.2. The largest absolute Gasteiger partial charge is 0.495 e. The molecule has 0 atom stereocenters. The molecule has 2 amide bonds. The van der Waals surface area contributed by atoms with Crippen molar-refractivity contribution in [1.29, 1.82) is 0 Å². The van der Waals surface area contributed by atoms with E-state index in [1.54, 1.807) is 7.11 Å². The zero-order valence-electron chi connectivity index (χ0n) is 15.8. The normalized spacial score (nSPS) is 20.9. The van der Waals surface area contributed by atoms with Crippen molar-refractivity contribution < 1.29 is 17.9 Å². The zero-order chi connectivity index (χ0) is 19.3. The van der Waals surface area contributed by atoms with Crippen LogP contribution in [-0.2, 0) is 9.84 Å². The summed E-state index contributed by atoms with van der Waals surface area (Å²) >= 11 is 0. The lowest BCUT2D eigenvalue weighted by Gasteiger charge is -2.34. The molecule has 2 saturated heterocycles. The predicted molar refractivity (Wildman–Crippen MR) is 106 cm³/mol. The summed E-state index contributed by atoms with van der Waals surface area (Å²) in [4.78, 5) is 14.4. The summed E-state index contributed by atoms with van der Waals surface area (Å²) in [5.74, 6) is 1.60. The summed E-state index contributed by atoms with van der Waals surface area (Å²) in [6, 6.07) is 7.99. The van der Waals surface area contributed by atoms with E-state index in [4.69, 9.17) is 4.74 Å². The van der Waals surface area contributed by atoms with Gasteiger partial charge in [0.25, 0.3) is 0 Å². The monoisotopic (exact) mass is 395 g/mol. The van der Waals surface area contributed by atoms with Gasteiger partial charge in [-0.3, -0.25) is 0 Å². The van der Waals surface area contributed by atoms with Gasteiger partial charge in [0.2, 0.25) is 0 Å². The van der Waals surface area contributed by atoms with Gasteiger partial charge in [-0.05, 0) is 43.7 Å². The molecular formula is C19H29N3O4S. The molecule has 0 radical (unpaired) electrons. The number of hydrogen-bond acceptors (Lipinski definition) is 5. The van der Waals surface area contributed by atoms with Crippen LogP contribution in [0.15, 0.2) is 24.3 Å². The second-order valence-electron chi connectivity index (χ2n) is 7.38. The standard InChI is InChI=1S/C19H29N3O4S/c1-26-18-5-3-2-4-17(18)22-10-6-16(7-11-22)21-19(23)20-14-15-8-12-27(24,25)13-9-15/h2-5,15-16H,6-14H2,1H3,(H2,20,21,23). The van der Waals surface area contributed by atoms with Crippen molar-refractivity contribution >= 4 is 21.6 Å². The molecular weight excluding hydrogens is 366 g/mol. The summed E-state index contributed by atoms with van der Waals surface area (Å²) in [5.41, 5.74) is 1.09. The first-order valence-corrected chi connectivity index (χ1v) is 11.4. The number of ether oxygens (including phenoxy) is 1. The van der Waals surface area contributed by atoms with Crippen molar-refractivity contribution in [2.75, 3.05) is 43.1 Å². The van der Waals surface area contributed by atoms with Crippen LogP contribution in [0.1, 0.15) is 25.7 Å². The molecule has 1 aromatic rings. The van der Waals surface area contributed by atoms with E-state index in [2.05, 4.69) is 21.6 Å². The number of nitrogens with one attached hydrogen (secondary N) is 2. The quantitative estimate of drug-likeness (QED) is 0.794. The number of urea groups is 1. The molecule has 0 saturated carbocycles. The van der Waals surface area contributed by atoms with Gasteiger partial charge < -0.3 is 20.3 Å². The number of methoxy groups -OCH3 is 1. The molecule has 0 spiro atoms. The fourth-order valence-corrected chi connectivity index (χ4v) is 5.36. The second-order valence-corrected chi connectivity index (χ2v) is 9.69. The van der Waals surface area contributed by atoms with Gasteiger partial charge in [0, 0.05) is 25.7 Å². The van der Waals surface area contributed by atoms with Crippen molar-refractivity contribution in [3.63, 3.8) is 0 Å². The highest BCUT2D eigenvalue weighted by molar-refractivity contribution is 7.91. The molecule has 2 fully saturated rings. The van der Waals surface area contributed by atoms with Gasteiger partial charge in [0.1, 0.15) is 15.6 Å². The number of anilines is 1. The third kappa shape index (κ3) is 5.51. The minimum Gasteiger partial charge on any atom is -0.495 e. The van der Waals surface area contributed by atoms with Crippen LogP contribution in [0.4, 0.5) is 10.5 Å². The molecule has 0 aromatic heterocycles. The number of piperidine rings is 1. The topological polar surface area (TPSA) is 87.7 Å². The number of sulfone groups is 1. The van der Waals surface area contributed by atoms with Crippen LogP contribution in [0.5, 0.6) is 5.75 Å². The predicted octanol–water partition coefficient (Wildman–Crippen LogP) is 1.79. The lowest BCUT2D eigenvalue weighted by atomic mass is 10.0. The number of benzene rings is 1. The van der Waals surface area contributed by atoms with Gasteiger partial charge in [0.05, 0.1) is 24.3 Å². The highest BCUT2D eigenvalue weighted by Gasteiger charge is 2.25. The molecule has 2 N–H and O–H groups in total. The Labute approximate surface area is 161 Å². The minimum absolute atomic E-state index is 0.154. The van der Waals surface area contributed by atoms with Crippen LogP contribution in [0, 0.1) is 5.92 Å². The van der Waals surface area contributed by atoms with E-state index in [9.17, 15) is 13.2 Å². The number of carbonyl (C=O) groups excluding carboxylic acids is 1. The Morgan fingerprint density at radius 3 is 2.48 bits per heavy atom. The van der Waals surface area contributed by atoms with Crippen LogP contribution in [0.2, 0.25) is 0 Å². The summed E-state index contributed by atoms with van der Waals surface area (Å²) in [6.07, 6.45) is 3.04. The molecule has 0 bridgehead atoms. The van der Waals surface area contributed by atoms with E-state index < -0.39 is 9.84 Å². The van der Waals surface area contributed by atoms with Crippen LogP contribution in [0.25, 0.3) is 0 Å². The Morgan fingerprint density at radius 1 is 1.15 bits per heavy atom. The number of carbonyl (C=O) groups is 1. The number of para-hydroxylation sites is 2. The summed E-state index contributed by atoms with van der Waals surface area (Å²) in [5, 5.41) is 5.96. The van der Waals surface area contributed by atoms with E-state index in [0.29, 0.717) is 19.4 Å². The van der Waals surface area contributed by atoms with Gasteiger partial charge in [-0.25, -0.2) is 13.2 Å². The lowest BCUT2D eigenvalue weighted by Crippen LogP contribution is -2.49. The molecule has 1 aromatic carbocycles. The first kappa shape index (κ1) is 19.8. The molecule has 2 heterocycles. The van der Waals surface area contributed by atoms with Crippen molar-refractivity contribution in [2.24, 2.45) is 5.92 Å². The van der Waals surface area contributed by atoms with Gasteiger partial charge in [-0.15, -0.1) is 0 Å². The number of amides is 2. The Morgan fingerprint density at radius 2 is 1.81 bits per heavy atom. The summed E-state index contributed by atoms with van der Waals surface area (Å²) in [7, 11) is -1.17. The molecule has 0 aliphatic carbocycles. The molecule has 2 aliphatic heterocycles. The first-order valence-electron chi connectivity index (χ1n) is 9.59. The number of rotatable bonds is 5. The van der Waals surface area contributed by atoms with Crippen molar-refractivity contribution in [2.45, 2.75) is 31.7 Å². The zero-order valence-corrected chi connectivity index (χ0v) is 16.6. The van der Waals surface area contributed by atoms with Crippen LogP contribution < -0.4 is 20.3 Å². The molecule has 0 unspecified atom stereocenters. The smallest absolute Gasteiger partial charge is 0.315 e. The van der Waals surface area contributed by atoms with Crippen molar-refractivity contribution in [3.8, 4) is 5.75 Å². The van der Waals surface area contributed by atoms with E-state index in [-0.39, 0.29) is 29.5 Å². The molecule has 2 aliphatic rings. The summed E-state index contributed by atoms with van der Waals surface area (Å²) < 4.78 is 28.3. The Kier molecular flexibility index (Phi) is 6.46. The first-order chi connectivity index (χ1) is 13.0. The van der Waals surface area contributed by atoms with E-state index in [1.807, 2.05) is 18.2 Å². The number of hydrogen-bond donors (Lipinski definition) is 2.